The fourth-order valence-electron chi connectivity index (χ4n) is 11.0. The number of methoxy groups -OCH3 is 4. The molecular formula is C25H41NO7. The molecule has 13 atom stereocenters. The molecule has 0 amide bonds. The van der Waals surface area contributed by atoms with E-state index in [1.165, 1.54) is 0 Å². The maximum Gasteiger partial charge on any atom is 0.136 e. The van der Waals surface area contributed by atoms with Crippen molar-refractivity contribution in [1.29, 1.82) is 0 Å². The second-order valence-corrected chi connectivity index (χ2v) is 11.9. The van der Waals surface area contributed by atoms with E-state index in [9.17, 15) is 15.3 Å². The molecule has 0 aromatic carbocycles. The van der Waals surface area contributed by atoms with Gasteiger partial charge in [0, 0.05) is 70.0 Å². The first-order valence-electron chi connectivity index (χ1n) is 12.7. The summed E-state index contributed by atoms with van der Waals surface area (Å²) in [5, 5.41) is 37.1. The summed E-state index contributed by atoms with van der Waals surface area (Å²) in [6.07, 6.45) is 1.21. The summed E-state index contributed by atoms with van der Waals surface area (Å²) in [7, 11) is 6.85. The molecule has 0 aromatic rings. The van der Waals surface area contributed by atoms with Gasteiger partial charge in [0.05, 0.1) is 37.1 Å². The predicted octanol–water partition coefficient (Wildman–Crippen LogP) is 0.271. The van der Waals surface area contributed by atoms with Gasteiger partial charge in [0.1, 0.15) is 11.2 Å². The van der Waals surface area contributed by atoms with Crippen LogP contribution in [0.15, 0.2) is 0 Å². The Balaban J connectivity index is 1.68. The second kappa shape index (κ2) is 7.13. The third-order valence-corrected chi connectivity index (χ3v) is 11.5. The van der Waals surface area contributed by atoms with Crippen LogP contribution < -0.4 is 0 Å². The number of likely N-dealkylation sites (tertiary alicyclic amines) is 1. The highest BCUT2D eigenvalue weighted by Gasteiger charge is 2.91. The average Bonchev–Trinajstić information content (AvgIpc) is 3.16. The zero-order valence-electron chi connectivity index (χ0n) is 20.6. The summed E-state index contributed by atoms with van der Waals surface area (Å²) >= 11 is 0. The zero-order chi connectivity index (χ0) is 23.6. The van der Waals surface area contributed by atoms with E-state index in [1.807, 2.05) is 0 Å². The van der Waals surface area contributed by atoms with Gasteiger partial charge in [0.15, 0.2) is 0 Å². The fourth-order valence-corrected chi connectivity index (χ4v) is 11.0. The van der Waals surface area contributed by atoms with Crippen LogP contribution in [0, 0.1) is 34.5 Å². The Morgan fingerprint density at radius 2 is 1.82 bits per heavy atom. The van der Waals surface area contributed by atoms with E-state index >= 15 is 0 Å². The van der Waals surface area contributed by atoms with Crippen LogP contribution >= 0.6 is 0 Å². The molecule has 1 saturated heterocycles. The number of likely N-dealkylation sites (N-methyl/N-ethyl adjacent to an activating group) is 1. The maximum absolute atomic E-state index is 12.9. The maximum atomic E-state index is 12.9. The topological polar surface area (TPSA) is 101 Å². The summed E-state index contributed by atoms with van der Waals surface area (Å²) in [6.45, 7) is 4.28. The van der Waals surface area contributed by atoms with Gasteiger partial charge in [0.2, 0.25) is 0 Å². The summed E-state index contributed by atoms with van der Waals surface area (Å²) < 4.78 is 24.2. The molecule has 5 aliphatic carbocycles. The van der Waals surface area contributed by atoms with E-state index in [0.717, 1.165) is 32.4 Å². The van der Waals surface area contributed by atoms with Gasteiger partial charge in [-0.25, -0.2) is 0 Å². The minimum atomic E-state index is -1.55. The molecule has 7 bridgehead atoms. The lowest BCUT2D eigenvalue weighted by Crippen LogP contribution is -2.82. The van der Waals surface area contributed by atoms with Crippen molar-refractivity contribution in [1.82, 2.24) is 4.90 Å². The fraction of sp³-hybridized carbons (Fsp3) is 1.00. The van der Waals surface area contributed by atoms with Crippen molar-refractivity contribution in [3.63, 3.8) is 0 Å². The summed E-state index contributed by atoms with van der Waals surface area (Å²) in [5.74, 6) is -0.492. The van der Waals surface area contributed by atoms with Crippen LogP contribution in [-0.2, 0) is 18.9 Å². The van der Waals surface area contributed by atoms with E-state index in [2.05, 4.69) is 11.8 Å². The summed E-state index contributed by atoms with van der Waals surface area (Å²) in [4.78, 5) is 2.38. The van der Waals surface area contributed by atoms with E-state index in [0.29, 0.717) is 13.0 Å². The van der Waals surface area contributed by atoms with Crippen LogP contribution in [0.4, 0.5) is 0 Å². The number of rotatable bonds is 6. The smallest absolute Gasteiger partial charge is 0.136 e. The molecule has 1 aliphatic heterocycles. The van der Waals surface area contributed by atoms with Crippen LogP contribution in [0.5, 0.6) is 0 Å². The molecule has 5 saturated carbocycles. The van der Waals surface area contributed by atoms with Gasteiger partial charge < -0.3 is 34.3 Å². The van der Waals surface area contributed by atoms with Gasteiger partial charge in [-0.15, -0.1) is 0 Å². The first kappa shape index (κ1) is 23.1. The Morgan fingerprint density at radius 3 is 2.42 bits per heavy atom. The molecule has 8 nitrogen and oxygen atoms in total. The van der Waals surface area contributed by atoms with Gasteiger partial charge in [-0.05, 0) is 31.7 Å². The van der Waals surface area contributed by atoms with Gasteiger partial charge in [-0.3, -0.25) is 4.90 Å². The van der Waals surface area contributed by atoms with Crippen molar-refractivity contribution < 1.29 is 34.3 Å². The van der Waals surface area contributed by atoms with Gasteiger partial charge in [-0.1, -0.05) is 6.92 Å². The Morgan fingerprint density at radius 1 is 1.06 bits per heavy atom. The third-order valence-electron chi connectivity index (χ3n) is 11.5. The lowest BCUT2D eigenvalue weighted by atomic mass is 9.42. The number of fused-ring (bicyclic) bond motifs is 2. The minimum absolute atomic E-state index is 0.00825. The molecule has 33 heavy (non-hydrogen) atoms. The molecule has 0 unspecified atom stereocenters. The first-order chi connectivity index (χ1) is 15.8. The number of ether oxygens (including phenoxy) is 4. The van der Waals surface area contributed by atoms with Crippen molar-refractivity contribution in [2.45, 2.75) is 74.3 Å². The lowest BCUT2D eigenvalue weighted by Gasteiger charge is -2.70. The molecule has 0 radical (unpaired) electrons. The van der Waals surface area contributed by atoms with E-state index < -0.39 is 34.7 Å². The van der Waals surface area contributed by atoms with Crippen LogP contribution in [0.2, 0.25) is 0 Å². The van der Waals surface area contributed by atoms with E-state index in [4.69, 9.17) is 18.9 Å². The Bertz CT molecular complexity index is 814. The highest BCUT2D eigenvalue weighted by molar-refractivity contribution is 5.41. The first-order valence-corrected chi connectivity index (χ1v) is 12.7. The van der Waals surface area contributed by atoms with E-state index in [-0.39, 0.29) is 41.4 Å². The normalized spacial score (nSPS) is 60.9. The molecule has 6 fully saturated rings. The standard InChI is InChI=1S/C25H41NO7/c1-6-26-11-22(12-30-2)8-7-16(32-4)24-14-9-13-15(31-3)10-23(28,17(14)18(13)27)25(29,21(24)26)20(33-5)19(22)24/h13-21,27-29H,6-12H2,1-5H3/t13-,14-,15+,16+,17-,18+,19-,20+,21-,22+,23-,24+,25-/m1/s1. The van der Waals surface area contributed by atoms with Gasteiger partial charge in [-0.2, -0.15) is 0 Å². The van der Waals surface area contributed by atoms with Crippen molar-refractivity contribution in [3.05, 3.63) is 0 Å². The van der Waals surface area contributed by atoms with Crippen LogP contribution in [0.3, 0.4) is 0 Å². The lowest BCUT2D eigenvalue weighted by molar-refractivity contribution is -0.318. The molecular weight excluding hydrogens is 426 g/mol. The number of nitrogens with zero attached hydrogens (tertiary/aromatic N) is 1. The van der Waals surface area contributed by atoms with Crippen LogP contribution in [-0.4, -0.2) is 110 Å². The number of hydrogen-bond acceptors (Lipinski definition) is 8. The minimum Gasteiger partial charge on any atom is -0.392 e. The molecule has 3 N–H and O–H groups in total. The highest BCUT2D eigenvalue weighted by atomic mass is 16.5. The van der Waals surface area contributed by atoms with Crippen LogP contribution in [0.1, 0.15) is 32.6 Å². The Kier molecular flexibility index (Phi) is 4.99. The van der Waals surface area contributed by atoms with E-state index in [1.54, 1.807) is 28.4 Å². The van der Waals surface area contributed by atoms with Crippen molar-refractivity contribution in [2.24, 2.45) is 34.5 Å². The van der Waals surface area contributed by atoms with Crippen molar-refractivity contribution >= 4 is 0 Å². The number of aliphatic hydroxyl groups is 3. The average molecular weight is 468 g/mol. The second-order valence-electron chi connectivity index (χ2n) is 11.9. The molecule has 0 aromatic heterocycles. The van der Waals surface area contributed by atoms with Crippen molar-refractivity contribution in [3.8, 4) is 0 Å². The van der Waals surface area contributed by atoms with Crippen LogP contribution in [0.25, 0.3) is 0 Å². The molecule has 8 heteroatoms. The zero-order valence-corrected chi connectivity index (χ0v) is 20.6. The Labute approximate surface area is 196 Å². The predicted molar refractivity (Wildman–Crippen MR) is 119 cm³/mol. The number of piperidine rings is 1. The monoisotopic (exact) mass is 467 g/mol. The van der Waals surface area contributed by atoms with Gasteiger partial charge in [0.25, 0.3) is 0 Å². The molecule has 1 heterocycles. The highest BCUT2D eigenvalue weighted by Crippen LogP contribution is 2.80. The SMILES string of the molecule is CCN1C[C@]2(COC)CC[C@H](OC)[C@]34[C@@H]5C[C@H]6[C@H](O)[C@@H]5[C@](O)(C[C@@H]6OC)[C@](O)([C@H]13)[C@@H](OC)[C@H]24. The van der Waals surface area contributed by atoms with Gasteiger partial charge >= 0.3 is 0 Å². The number of hydrogen-bond donors (Lipinski definition) is 3. The molecule has 6 rings (SSSR count). The molecule has 188 valence electrons. The summed E-state index contributed by atoms with van der Waals surface area (Å²) in [6, 6.07) is -0.312. The molecule has 6 aliphatic rings. The van der Waals surface area contributed by atoms with Crippen molar-refractivity contribution in [2.75, 3.05) is 48.1 Å². The third kappa shape index (κ3) is 2.20. The summed E-state index contributed by atoms with van der Waals surface area (Å²) in [5.41, 5.74) is -3.70. The Hall–Kier alpha value is -0.320. The largest absolute Gasteiger partial charge is 0.392 e. The molecule has 1 spiro atoms. The number of aliphatic hydroxyl groups excluding tert-OH is 1. The quantitative estimate of drug-likeness (QED) is 0.512.